The molecule has 1 aromatic heterocycles. The van der Waals surface area contributed by atoms with E-state index in [0.717, 1.165) is 43.3 Å². The van der Waals surface area contributed by atoms with E-state index in [4.69, 9.17) is 14.2 Å². The summed E-state index contributed by atoms with van der Waals surface area (Å²) in [5, 5.41) is 2.89. The van der Waals surface area contributed by atoms with Gasteiger partial charge in [0.2, 0.25) is 11.3 Å². The number of nitrogens with one attached hydrogen (secondary N) is 1. The van der Waals surface area contributed by atoms with Gasteiger partial charge in [-0.3, -0.25) is 14.5 Å². The van der Waals surface area contributed by atoms with Crippen LogP contribution in [0.3, 0.4) is 0 Å². The fourth-order valence-corrected chi connectivity index (χ4v) is 4.31. The van der Waals surface area contributed by atoms with Crippen molar-refractivity contribution in [2.45, 2.75) is 13.1 Å². The second-order valence-corrected chi connectivity index (χ2v) is 8.53. The van der Waals surface area contributed by atoms with E-state index in [1.54, 1.807) is 43.2 Å². The lowest BCUT2D eigenvalue weighted by Gasteiger charge is -2.36. The second-order valence-electron chi connectivity index (χ2n) is 8.53. The molecule has 1 amide bonds. The van der Waals surface area contributed by atoms with Gasteiger partial charge in [-0.15, -0.1) is 0 Å². The number of benzene rings is 2. The SMILES string of the molecule is COc1ccc(N2CCN(Cc3cc(=O)c(OC)cn3CC(=O)Nc3ccccc3OC)CC2)cc1. The van der Waals surface area contributed by atoms with Gasteiger partial charge in [-0.1, -0.05) is 12.1 Å². The van der Waals surface area contributed by atoms with E-state index in [9.17, 15) is 9.59 Å². The molecule has 2 aromatic carbocycles. The van der Waals surface area contributed by atoms with Gasteiger partial charge >= 0.3 is 0 Å². The average molecular weight is 493 g/mol. The number of pyridine rings is 1. The highest BCUT2D eigenvalue weighted by atomic mass is 16.5. The summed E-state index contributed by atoms with van der Waals surface area (Å²) in [6.45, 7) is 3.98. The van der Waals surface area contributed by atoms with E-state index in [1.807, 2.05) is 24.3 Å². The van der Waals surface area contributed by atoms with Crippen molar-refractivity contribution in [1.29, 1.82) is 0 Å². The van der Waals surface area contributed by atoms with Crippen molar-refractivity contribution in [2.75, 3.05) is 57.7 Å². The first-order valence-corrected chi connectivity index (χ1v) is 11.8. The number of rotatable bonds is 9. The Balaban J connectivity index is 1.44. The molecule has 1 aliphatic heterocycles. The quantitative estimate of drug-likeness (QED) is 0.492. The highest BCUT2D eigenvalue weighted by molar-refractivity contribution is 5.92. The molecule has 0 radical (unpaired) electrons. The molecule has 36 heavy (non-hydrogen) atoms. The van der Waals surface area contributed by atoms with Crippen LogP contribution in [-0.4, -0.2) is 62.9 Å². The molecular weight excluding hydrogens is 460 g/mol. The summed E-state index contributed by atoms with van der Waals surface area (Å²) in [6.07, 6.45) is 1.60. The lowest BCUT2D eigenvalue weighted by atomic mass is 10.2. The number of aromatic nitrogens is 1. The number of para-hydroxylation sites is 2. The number of carbonyl (C=O) groups is 1. The van der Waals surface area contributed by atoms with E-state index in [0.29, 0.717) is 18.0 Å². The molecule has 1 aliphatic rings. The van der Waals surface area contributed by atoms with Crippen LogP contribution in [0.25, 0.3) is 0 Å². The molecule has 1 saturated heterocycles. The smallest absolute Gasteiger partial charge is 0.244 e. The maximum atomic E-state index is 12.9. The van der Waals surface area contributed by atoms with Crippen molar-refractivity contribution in [3.8, 4) is 17.2 Å². The number of amides is 1. The molecule has 9 heteroatoms. The molecule has 1 N–H and O–H groups in total. The van der Waals surface area contributed by atoms with Crippen molar-refractivity contribution in [3.05, 3.63) is 76.7 Å². The van der Waals surface area contributed by atoms with Gasteiger partial charge < -0.3 is 29.0 Å². The summed E-state index contributed by atoms with van der Waals surface area (Å²) < 4.78 is 17.6. The predicted octanol–water partition coefficient (Wildman–Crippen LogP) is 2.83. The van der Waals surface area contributed by atoms with Crippen LogP contribution in [-0.2, 0) is 17.9 Å². The number of hydrogen-bond acceptors (Lipinski definition) is 7. The minimum absolute atomic E-state index is 0.0375. The summed E-state index contributed by atoms with van der Waals surface area (Å²) in [4.78, 5) is 30.0. The number of ether oxygens (including phenoxy) is 3. The third-order valence-corrected chi connectivity index (χ3v) is 6.29. The van der Waals surface area contributed by atoms with Crippen molar-refractivity contribution in [2.24, 2.45) is 0 Å². The van der Waals surface area contributed by atoms with Crippen LogP contribution < -0.4 is 29.9 Å². The Labute approximate surface area is 210 Å². The van der Waals surface area contributed by atoms with Crippen LogP contribution in [0, 0.1) is 0 Å². The molecule has 190 valence electrons. The van der Waals surface area contributed by atoms with E-state index in [1.165, 1.54) is 7.11 Å². The molecule has 0 bridgehead atoms. The number of carbonyl (C=O) groups excluding carboxylic acids is 1. The standard InChI is InChI=1S/C27H32N4O5/c1-34-22-10-8-20(9-11-22)30-14-12-29(13-15-30)17-21-16-24(32)26(36-3)18-31(21)19-27(33)28-23-6-4-5-7-25(23)35-2/h4-11,16,18H,12-15,17,19H2,1-3H3,(H,28,33). The van der Waals surface area contributed by atoms with Crippen LogP contribution in [0.1, 0.15) is 5.69 Å². The Hall–Kier alpha value is -3.98. The zero-order valence-electron chi connectivity index (χ0n) is 20.9. The first-order chi connectivity index (χ1) is 17.5. The first-order valence-electron chi connectivity index (χ1n) is 11.8. The Morgan fingerprint density at radius 3 is 2.25 bits per heavy atom. The molecule has 4 rings (SSSR count). The largest absolute Gasteiger partial charge is 0.497 e. The van der Waals surface area contributed by atoms with E-state index in [-0.39, 0.29) is 23.6 Å². The molecule has 9 nitrogen and oxygen atoms in total. The number of methoxy groups -OCH3 is 3. The van der Waals surface area contributed by atoms with Crippen LogP contribution in [0.5, 0.6) is 17.2 Å². The number of piperazine rings is 1. The van der Waals surface area contributed by atoms with Crippen molar-refractivity contribution < 1.29 is 19.0 Å². The van der Waals surface area contributed by atoms with Gasteiger partial charge in [0.25, 0.3) is 0 Å². The summed E-state index contributed by atoms with van der Waals surface area (Å²) in [5.74, 6) is 1.40. The van der Waals surface area contributed by atoms with Gasteiger partial charge in [0.15, 0.2) is 5.75 Å². The molecule has 0 spiro atoms. The fourth-order valence-electron chi connectivity index (χ4n) is 4.31. The Bertz CT molecular complexity index is 1230. The van der Waals surface area contributed by atoms with Crippen LogP contribution in [0.4, 0.5) is 11.4 Å². The first kappa shape index (κ1) is 25.1. The van der Waals surface area contributed by atoms with Crippen molar-refractivity contribution >= 4 is 17.3 Å². The molecule has 2 heterocycles. The van der Waals surface area contributed by atoms with Crippen molar-refractivity contribution in [3.63, 3.8) is 0 Å². The molecule has 0 saturated carbocycles. The van der Waals surface area contributed by atoms with E-state index in [2.05, 4.69) is 27.2 Å². The van der Waals surface area contributed by atoms with Gasteiger partial charge in [-0.25, -0.2) is 0 Å². The summed E-state index contributed by atoms with van der Waals surface area (Å²) in [6, 6.07) is 16.9. The van der Waals surface area contributed by atoms with Crippen LogP contribution >= 0.6 is 0 Å². The molecule has 1 fully saturated rings. The minimum atomic E-state index is -0.226. The summed E-state index contributed by atoms with van der Waals surface area (Å²) >= 11 is 0. The van der Waals surface area contributed by atoms with Crippen LogP contribution in [0.2, 0.25) is 0 Å². The molecule has 0 atom stereocenters. The van der Waals surface area contributed by atoms with E-state index >= 15 is 0 Å². The van der Waals surface area contributed by atoms with Gasteiger partial charge in [0, 0.05) is 50.2 Å². The number of hydrogen-bond donors (Lipinski definition) is 1. The Kier molecular flexibility index (Phi) is 8.12. The van der Waals surface area contributed by atoms with Gasteiger partial charge in [0.05, 0.1) is 33.2 Å². The molecule has 0 unspecified atom stereocenters. The topological polar surface area (TPSA) is 85.3 Å². The number of anilines is 2. The highest BCUT2D eigenvalue weighted by Gasteiger charge is 2.20. The third kappa shape index (κ3) is 5.98. The average Bonchev–Trinajstić information content (AvgIpc) is 2.91. The zero-order valence-corrected chi connectivity index (χ0v) is 20.9. The lowest BCUT2D eigenvalue weighted by molar-refractivity contribution is -0.116. The molecule has 0 aliphatic carbocycles. The molecular formula is C27H32N4O5. The van der Waals surface area contributed by atoms with Crippen molar-refractivity contribution in [1.82, 2.24) is 9.47 Å². The third-order valence-electron chi connectivity index (χ3n) is 6.29. The van der Waals surface area contributed by atoms with Gasteiger partial charge in [-0.2, -0.15) is 0 Å². The summed E-state index contributed by atoms with van der Waals surface area (Å²) in [5.41, 5.74) is 2.30. The Morgan fingerprint density at radius 2 is 1.58 bits per heavy atom. The lowest BCUT2D eigenvalue weighted by Crippen LogP contribution is -2.46. The minimum Gasteiger partial charge on any atom is -0.497 e. The Morgan fingerprint density at radius 1 is 0.889 bits per heavy atom. The van der Waals surface area contributed by atoms with E-state index < -0.39 is 0 Å². The molecule has 3 aromatic rings. The second kappa shape index (κ2) is 11.6. The number of nitrogens with zero attached hydrogens (tertiary/aromatic N) is 3. The maximum absolute atomic E-state index is 12.9. The fraction of sp³-hybridized carbons (Fsp3) is 0.333. The van der Waals surface area contributed by atoms with Gasteiger partial charge in [0.1, 0.15) is 18.0 Å². The summed E-state index contributed by atoms with van der Waals surface area (Å²) in [7, 11) is 4.67. The normalized spacial score (nSPS) is 13.8. The maximum Gasteiger partial charge on any atom is 0.244 e. The zero-order chi connectivity index (χ0) is 25.5. The van der Waals surface area contributed by atoms with Crippen LogP contribution in [0.15, 0.2) is 65.6 Å². The highest BCUT2D eigenvalue weighted by Crippen LogP contribution is 2.24. The van der Waals surface area contributed by atoms with Gasteiger partial charge in [-0.05, 0) is 36.4 Å². The monoisotopic (exact) mass is 492 g/mol. The predicted molar refractivity (Wildman–Crippen MR) is 139 cm³/mol.